The summed E-state index contributed by atoms with van der Waals surface area (Å²) in [5.74, 6) is -1.19. The number of likely N-dealkylation sites (N-methyl/N-ethyl adjacent to an activating group) is 1. The predicted molar refractivity (Wildman–Crippen MR) is 82.3 cm³/mol. The zero-order valence-electron chi connectivity index (χ0n) is 12.6. The first kappa shape index (κ1) is 16.1. The maximum Gasteiger partial charge on any atom is 0.177 e. The topological polar surface area (TPSA) is 53.4 Å². The Morgan fingerprint density at radius 1 is 1.48 bits per heavy atom. The molecular weight excluding hydrogens is 324 g/mol. The van der Waals surface area contributed by atoms with Crippen LogP contribution in [0.15, 0.2) is 18.3 Å². The fourth-order valence-electron chi connectivity index (χ4n) is 2.87. The van der Waals surface area contributed by atoms with E-state index in [1.807, 2.05) is 4.57 Å². The minimum atomic E-state index is -0.682. The molecule has 124 valence electrons. The first-order chi connectivity index (χ1) is 11.0. The molecule has 8 heteroatoms. The summed E-state index contributed by atoms with van der Waals surface area (Å²) in [7, 11) is 1.57. The number of hydroxylamine groups is 2. The van der Waals surface area contributed by atoms with Gasteiger partial charge >= 0.3 is 0 Å². The Labute approximate surface area is 137 Å². The first-order valence-electron chi connectivity index (χ1n) is 7.25. The van der Waals surface area contributed by atoms with E-state index in [1.165, 1.54) is 6.07 Å². The second-order valence-electron chi connectivity index (χ2n) is 5.63. The van der Waals surface area contributed by atoms with Gasteiger partial charge in [0.2, 0.25) is 0 Å². The lowest BCUT2D eigenvalue weighted by molar-refractivity contribution is -0.0638. The van der Waals surface area contributed by atoms with Gasteiger partial charge in [-0.1, -0.05) is 0 Å². The maximum atomic E-state index is 13.7. The number of aromatic amines is 1. The van der Waals surface area contributed by atoms with Crippen LogP contribution in [0.5, 0.6) is 5.75 Å². The zero-order valence-corrected chi connectivity index (χ0v) is 13.4. The number of nitrogens with zero attached hydrogens (tertiary/aromatic N) is 2. The van der Waals surface area contributed by atoms with Crippen LogP contribution in [-0.4, -0.2) is 40.0 Å². The van der Waals surface area contributed by atoms with E-state index >= 15 is 0 Å². The predicted octanol–water partition coefficient (Wildman–Crippen LogP) is 2.86. The number of ether oxygens (including phenoxy) is 1. The van der Waals surface area contributed by atoms with Gasteiger partial charge in [0.25, 0.3) is 0 Å². The van der Waals surface area contributed by atoms with Crippen molar-refractivity contribution in [2.24, 2.45) is 0 Å². The van der Waals surface area contributed by atoms with Crippen LogP contribution < -0.4 is 4.74 Å². The number of H-pyrrole nitrogens is 1. The van der Waals surface area contributed by atoms with Gasteiger partial charge < -0.3 is 19.5 Å². The smallest absolute Gasteiger partial charge is 0.177 e. The summed E-state index contributed by atoms with van der Waals surface area (Å²) in [6.07, 6.45) is 2.80. The van der Waals surface area contributed by atoms with Crippen molar-refractivity contribution in [1.82, 2.24) is 14.6 Å². The molecule has 1 atom stereocenters. The SMILES string of the molecule is CN(O)CCc1c[nH]c(=S)n1[C@H]1COc2c(F)cc(F)cc2C1. The summed E-state index contributed by atoms with van der Waals surface area (Å²) in [5.41, 5.74) is 1.40. The molecule has 1 aliphatic rings. The number of aromatic nitrogens is 2. The summed E-state index contributed by atoms with van der Waals surface area (Å²) >= 11 is 5.31. The molecule has 0 fully saturated rings. The summed E-state index contributed by atoms with van der Waals surface area (Å²) in [5, 5.41) is 10.4. The first-order valence-corrected chi connectivity index (χ1v) is 7.66. The van der Waals surface area contributed by atoms with E-state index in [0.717, 1.165) is 16.8 Å². The molecule has 23 heavy (non-hydrogen) atoms. The molecule has 2 aromatic rings. The Morgan fingerprint density at radius 3 is 3.00 bits per heavy atom. The minimum absolute atomic E-state index is 0.112. The van der Waals surface area contributed by atoms with Gasteiger partial charge in [0.1, 0.15) is 12.4 Å². The van der Waals surface area contributed by atoms with Gasteiger partial charge in [-0.3, -0.25) is 0 Å². The number of imidazole rings is 1. The second kappa shape index (κ2) is 6.38. The average molecular weight is 341 g/mol. The number of rotatable bonds is 4. The van der Waals surface area contributed by atoms with Crippen molar-refractivity contribution in [3.63, 3.8) is 0 Å². The molecule has 0 radical (unpaired) electrons. The summed E-state index contributed by atoms with van der Waals surface area (Å²) < 4.78 is 35.1. The normalized spacial score (nSPS) is 17.2. The molecule has 2 heterocycles. The quantitative estimate of drug-likeness (QED) is 0.663. The molecule has 0 unspecified atom stereocenters. The number of fused-ring (bicyclic) bond motifs is 1. The Bertz CT molecular complexity index is 773. The lowest BCUT2D eigenvalue weighted by Gasteiger charge is -2.28. The highest BCUT2D eigenvalue weighted by Gasteiger charge is 2.26. The molecule has 5 nitrogen and oxygen atoms in total. The van der Waals surface area contributed by atoms with Crippen molar-refractivity contribution in [2.45, 2.75) is 18.9 Å². The molecule has 0 amide bonds. The molecule has 1 aromatic heterocycles. The third-order valence-corrected chi connectivity index (χ3v) is 4.22. The molecule has 0 aliphatic carbocycles. The van der Waals surface area contributed by atoms with Gasteiger partial charge in [-0.05, 0) is 18.3 Å². The molecule has 0 saturated heterocycles. The van der Waals surface area contributed by atoms with Crippen molar-refractivity contribution in [1.29, 1.82) is 0 Å². The number of hydrogen-bond donors (Lipinski definition) is 2. The van der Waals surface area contributed by atoms with E-state index in [0.29, 0.717) is 29.7 Å². The highest BCUT2D eigenvalue weighted by molar-refractivity contribution is 7.71. The van der Waals surface area contributed by atoms with E-state index in [9.17, 15) is 14.0 Å². The monoisotopic (exact) mass is 341 g/mol. The average Bonchev–Trinajstić information content (AvgIpc) is 2.85. The van der Waals surface area contributed by atoms with Crippen molar-refractivity contribution in [3.8, 4) is 5.75 Å². The number of hydrogen-bond acceptors (Lipinski definition) is 4. The van der Waals surface area contributed by atoms with Crippen LogP contribution in [0.3, 0.4) is 0 Å². The molecule has 2 N–H and O–H groups in total. The number of benzene rings is 1. The van der Waals surface area contributed by atoms with E-state index < -0.39 is 11.6 Å². The highest BCUT2D eigenvalue weighted by atomic mass is 32.1. The van der Waals surface area contributed by atoms with Crippen molar-refractivity contribution >= 4 is 12.2 Å². The van der Waals surface area contributed by atoms with Crippen LogP contribution in [0.4, 0.5) is 8.78 Å². The third-order valence-electron chi connectivity index (χ3n) is 3.91. The molecule has 0 spiro atoms. The minimum Gasteiger partial charge on any atom is -0.488 e. The summed E-state index contributed by atoms with van der Waals surface area (Å²) in [6.45, 7) is 0.698. The standard InChI is InChI=1S/C15H17F2N3O2S/c1-19(21)3-2-11-7-18-15(23)20(11)12-5-9-4-10(16)6-13(17)14(9)22-8-12/h4,6-7,12,21H,2-3,5,8H2,1H3,(H,18,23)/t12-/m1/s1. The lowest BCUT2D eigenvalue weighted by Crippen LogP contribution is -2.27. The Hall–Kier alpha value is -1.77. The number of nitrogens with one attached hydrogen (secondary N) is 1. The van der Waals surface area contributed by atoms with Crippen LogP contribution in [0.1, 0.15) is 17.3 Å². The molecule has 3 rings (SSSR count). The van der Waals surface area contributed by atoms with E-state index in [-0.39, 0.29) is 18.4 Å². The van der Waals surface area contributed by atoms with Crippen LogP contribution >= 0.6 is 12.2 Å². The van der Waals surface area contributed by atoms with Gasteiger partial charge in [0.15, 0.2) is 16.3 Å². The summed E-state index contributed by atoms with van der Waals surface area (Å²) in [4.78, 5) is 2.98. The fraction of sp³-hybridized carbons (Fsp3) is 0.400. The molecule has 1 aliphatic heterocycles. The number of halogens is 2. The summed E-state index contributed by atoms with van der Waals surface area (Å²) in [6, 6.07) is 1.97. The zero-order chi connectivity index (χ0) is 16.6. The van der Waals surface area contributed by atoms with Crippen molar-refractivity contribution < 1.29 is 18.7 Å². The second-order valence-corrected chi connectivity index (χ2v) is 6.02. The van der Waals surface area contributed by atoms with Gasteiger partial charge in [-0.2, -0.15) is 5.06 Å². The Balaban J connectivity index is 1.89. The van der Waals surface area contributed by atoms with Gasteiger partial charge in [-0.25, -0.2) is 8.78 Å². The fourth-order valence-corrected chi connectivity index (χ4v) is 3.19. The molecule has 0 saturated carbocycles. The van der Waals surface area contributed by atoms with E-state index in [4.69, 9.17) is 17.0 Å². The van der Waals surface area contributed by atoms with Crippen LogP contribution in [-0.2, 0) is 12.8 Å². The van der Waals surface area contributed by atoms with Gasteiger partial charge in [-0.15, -0.1) is 0 Å². The van der Waals surface area contributed by atoms with E-state index in [2.05, 4.69) is 4.98 Å². The Kier molecular flexibility index (Phi) is 4.47. The van der Waals surface area contributed by atoms with Crippen molar-refractivity contribution in [3.05, 3.63) is 46.0 Å². The van der Waals surface area contributed by atoms with Crippen LogP contribution in [0, 0.1) is 16.4 Å². The highest BCUT2D eigenvalue weighted by Crippen LogP contribution is 2.33. The maximum absolute atomic E-state index is 13.7. The molecular formula is C15H17F2N3O2S. The molecule has 0 bridgehead atoms. The largest absolute Gasteiger partial charge is 0.488 e. The van der Waals surface area contributed by atoms with Gasteiger partial charge in [0.05, 0.1) is 6.04 Å². The van der Waals surface area contributed by atoms with Crippen LogP contribution in [0.25, 0.3) is 0 Å². The van der Waals surface area contributed by atoms with Crippen molar-refractivity contribution in [2.75, 3.05) is 20.2 Å². The molecule has 1 aromatic carbocycles. The van der Waals surface area contributed by atoms with E-state index in [1.54, 1.807) is 13.2 Å². The van der Waals surface area contributed by atoms with Gasteiger partial charge in [0, 0.05) is 50.0 Å². The van der Waals surface area contributed by atoms with Crippen LogP contribution in [0.2, 0.25) is 0 Å². The Morgan fingerprint density at radius 2 is 2.26 bits per heavy atom. The third kappa shape index (κ3) is 3.29. The lowest BCUT2D eigenvalue weighted by atomic mass is 10.0.